The van der Waals surface area contributed by atoms with Gasteiger partial charge in [-0.3, -0.25) is 9.48 Å². The number of nitrogens with one attached hydrogen (secondary N) is 1. The summed E-state index contributed by atoms with van der Waals surface area (Å²) < 4.78 is 12.0. The van der Waals surface area contributed by atoms with E-state index >= 15 is 0 Å². The molecule has 0 unspecified atom stereocenters. The molecule has 1 amide bonds. The molecule has 27 heavy (non-hydrogen) atoms. The fraction of sp³-hybridized carbons (Fsp3) is 0.350. The van der Waals surface area contributed by atoms with Gasteiger partial charge in [0.1, 0.15) is 5.76 Å². The molecule has 0 aliphatic rings. The number of carbonyl (C=O) groups is 1. The Hall–Kier alpha value is -3.09. The summed E-state index contributed by atoms with van der Waals surface area (Å²) in [7, 11) is 3.48. The zero-order valence-electron chi connectivity index (χ0n) is 16.1. The lowest BCUT2D eigenvalue weighted by Gasteiger charge is -2.07. The molecule has 3 rings (SSSR count). The minimum atomic E-state index is -0.0722. The van der Waals surface area contributed by atoms with Gasteiger partial charge in [-0.2, -0.15) is 5.10 Å². The minimum Gasteiger partial charge on any atom is -0.479 e. The molecule has 0 saturated carbocycles. The summed E-state index contributed by atoms with van der Waals surface area (Å²) in [6.07, 6.45) is 1.61. The number of ether oxygens (including phenoxy) is 1. The van der Waals surface area contributed by atoms with Crippen LogP contribution in [0.2, 0.25) is 0 Å². The highest BCUT2D eigenvalue weighted by molar-refractivity contribution is 5.90. The van der Waals surface area contributed by atoms with E-state index in [0.29, 0.717) is 24.5 Å². The Morgan fingerprint density at radius 2 is 2.00 bits per heavy atom. The van der Waals surface area contributed by atoms with Gasteiger partial charge in [-0.05, 0) is 36.7 Å². The van der Waals surface area contributed by atoms with E-state index in [4.69, 9.17) is 9.26 Å². The van der Waals surface area contributed by atoms with E-state index in [0.717, 1.165) is 17.8 Å². The van der Waals surface area contributed by atoms with Gasteiger partial charge in [-0.1, -0.05) is 12.1 Å². The van der Waals surface area contributed by atoms with Gasteiger partial charge < -0.3 is 14.6 Å². The lowest BCUT2D eigenvalue weighted by molar-refractivity contribution is -0.116. The van der Waals surface area contributed by atoms with Gasteiger partial charge in [-0.25, -0.2) is 0 Å². The first kappa shape index (κ1) is 18.7. The summed E-state index contributed by atoms with van der Waals surface area (Å²) in [5, 5.41) is 11.1. The van der Waals surface area contributed by atoms with Crippen molar-refractivity contribution in [2.75, 3.05) is 12.4 Å². The maximum atomic E-state index is 12.1. The molecule has 2 aromatic heterocycles. The van der Waals surface area contributed by atoms with E-state index in [1.54, 1.807) is 6.07 Å². The molecule has 142 valence electrons. The SMILES string of the molecule is COc1cc(CCC(=O)Nc2ccc(Cc3c(C)nn(C)c3C)cc2)on1. The predicted octanol–water partition coefficient (Wildman–Crippen LogP) is 3.20. The Morgan fingerprint density at radius 1 is 1.26 bits per heavy atom. The average Bonchev–Trinajstić information content (AvgIpc) is 3.21. The van der Waals surface area contributed by atoms with Crippen molar-refractivity contribution in [2.45, 2.75) is 33.1 Å². The molecule has 0 radical (unpaired) electrons. The first-order valence-corrected chi connectivity index (χ1v) is 8.83. The highest BCUT2D eigenvalue weighted by Gasteiger charge is 2.11. The number of hydrogen-bond donors (Lipinski definition) is 1. The fourth-order valence-corrected chi connectivity index (χ4v) is 2.95. The lowest BCUT2D eigenvalue weighted by Crippen LogP contribution is -2.12. The van der Waals surface area contributed by atoms with Crippen LogP contribution in [0.15, 0.2) is 34.9 Å². The molecule has 0 saturated heterocycles. The second-order valence-electron chi connectivity index (χ2n) is 6.53. The van der Waals surface area contributed by atoms with Crippen LogP contribution in [-0.2, 0) is 24.7 Å². The van der Waals surface area contributed by atoms with Crippen LogP contribution in [0.4, 0.5) is 5.69 Å². The van der Waals surface area contributed by atoms with E-state index in [-0.39, 0.29) is 5.91 Å². The number of amides is 1. The van der Waals surface area contributed by atoms with Crippen molar-refractivity contribution in [1.29, 1.82) is 0 Å². The Bertz CT molecular complexity index is 925. The van der Waals surface area contributed by atoms with Crippen molar-refractivity contribution >= 4 is 11.6 Å². The summed E-state index contributed by atoms with van der Waals surface area (Å²) in [5.74, 6) is 0.969. The Labute approximate surface area is 158 Å². The van der Waals surface area contributed by atoms with E-state index < -0.39 is 0 Å². The summed E-state index contributed by atoms with van der Waals surface area (Å²) in [5.41, 5.74) is 5.43. The number of aryl methyl sites for hydroxylation is 3. The van der Waals surface area contributed by atoms with Gasteiger partial charge in [0.05, 0.1) is 12.8 Å². The number of methoxy groups -OCH3 is 1. The largest absolute Gasteiger partial charge is 0.479 e. The molecular weight excluding hydrogens is 344 g/mol. The second-order valence-corrected chi connectivity index (χ2v) is 6.53. The predicted molar refractivity (Wildman–Crippen MR) is 102 cm³/mol. The fourth-order valence-electron chi connectivity index (χ4n) is 2.95. The minimum absolute atomic E-state index is 0.0722. The number of nitrogens with zero attached hydrogens (tertiary/aromatic N) is 3. The van der Waals surface area contributed by atoms with Gasteiger partial charge in [0.2, 0.25) is 5.91 Å². The molecule has 2 heterocycles. The van der Waals surface area contributed by atoms with E-state index in [2.05, 4.69) is 22.5 Å². The second kappa shape index (κ2) is 8.07. The number of carbonyl (C=O) groups excluding carboxylic acids is 1. The maximum absolute atomic E-state index is 12.1. The van der Waals surface area contributed by atoms with E-state index in [1.165, 1.54) is 23.9 Å². The van der Waals surface area contributed by atoms with Crippen LogP contribution in [0.25, 0.3) is 0 Å². The van der Waals surface area contributed by atoms with Crippen LogP contribution >= 0.6 is 0 Å². The molecular formula is C20H24N4O3. The normalized spacial score (nSPS) is 10.8. The van der Waals surface area contributed by atoms with Crippen LogP contribution in [0.5, 0.6) is 5.88 Å². The number of benzene rings is 1. The highest BCUT2D eigenvalue weighted by Crippen LogP contribution is 2.19. The van der Waals surface area contributed by atoms with Crippen LogP contribution < -0.4 is 10.1 Å². The molecule has 0 bridgehead atoms. The number of anilines is 1. The smallest absolute Gasteiger partial charge is 0.254 e. The van der Waals surface area contributed by atoms with Crippen LogP contribution in [0.3, 0.4) is 0 Å². The van der Waals surface area contributed by atoms with Gasteiger partial charge in [0.25, 0.3) is 5.88 Å². The quantitative estimate of drug-likeness (QED) is 0.692. The first-order chi connectivity index (χ1) is 13.0. The zero-order valence-corrected chi connectivity index (χ0v) is 16.1. The van der Waals surface area contributed by atoms with Crippen molar-refractivity contribution in [3.8, 4) is 5.88 Å². The molecule has 1 N–H and O–H groups in total. The Kier molecular flexibility index (Phi) is 5.59. The number of rotatable bonds is 7. The van der Waals surface area contributed by atoms with Crippen LogP contribution in [-0.4, -0.2) is 28.0 Å². The Morgan fingerprint density at radius 3 is 2.59 bits per heavy atom. The molecule has 0 aliphatic carbocycles. The van der Waals surface area contributed by atoms with Crippen LogP contribution in [0, 0.1) is 13.8 Å². The molecule has 7 nitrogen and oxygen atoms in total. The van der Waals surface area contributed by atoms with Crippen molar-refractivity contribution in [3.63, 3.8) is 0 Å². The monoisotopic (exact) mass is 368 g/mol. The zero-order chi connectivity index (χ0) is 19.4. The third kappa shape index (κ3) is 4.55. The lowest BCUT2D eigenvalue weighted by atomic mass is 10.0. The first-order valence-electron chi connectivity index (χ1n) is 8.83. The van der Waals surface area contributed by atoms with Gasteiger partial charge in [0.15, 0.2) is 0 Å². The van der Waals surface area contributed by atoms with Crippen molar-refractivity contribution in [3.05, 3.63) is 58.6 Å². The number of hydrogen-bond acceptors (Lipinski definition) is 5. The van der Waals surface area contributed by atoms with Crippen molar-refractivity contribution in [1.82, 2.24) is 14.9 Å². The molecule has 0 spiro atoms. The topological polar surface area (TPSA) is 82.2 Å². The third-order valence-electron chi connectivity index (χ3n) is 4.62. The molecule has 0 atom stereocenters. The Balaban J connectivity index is 1.54. The van der Waals surface area contributed by atoms with Gasteiger partial charge in [0, 0.05) is 49.3 Å². The summed E-state index contributed by atoms with van der Waals surface area (Å²) in [6, 6.07) is 9.59. The molecule has 0 fully saturated rings. The maximum Gasteiger partial charge on any atom is 0.254 e. The van der Waals surface area contributed by atoms with E-state index in [9.17, 15) is 4.79 Å². The van der Waals surface area contributed by atoms with Gasteiger partial charge >= 0.3 is 0 Å². The highest BCUT2D eigenvalue weighted by atomic mass is 16.5. The number of aromatic nitrogens is 3. The average molecular weight is 368 g/mol. The standard InChI is InChI=1S/C20H24N4O3/c1-13-18(14(2)24(3)22-13)11-15-5-7-16(8-6-15)21-19(25)10-9-17-12-20(26-4)23-27-17/h5-8,12H,9-11H2,1-4H3,(H,21,25). The van der Waals surface area contributed by atoms with Crippen molar-refractivity contribution < 1.29 is 14.1 Å². The molecule has 7 heteroatoms. The van der Waals surface area contributed by atoms with Gasteiger partial charge in [-0.15, -0.1) is 0 Å². The molecule has 3 aromatic rings. The van der Waals surface area contributed by atoms with Crippen LogP contribution in [0.1, 0.15) is 34.7 Å². The summed E-state index contributed by atoms with van der Waals surface area (Å²) in [4.78, 5) is 12.1. The molecule has 1 aromatic carbocycles. The summed E-state index contributed by atoms with van der Waals surface area (Å²) >= 11 is 0. The van der Waals surface area contributed by atoms with Crippen molar-refractivity contribution in [2.24, 2.45) is 7.05 Å². The third-order valence-corrected chi connectivity index (χ3v) is 4.62. The summed E-state index contributed by atoms with van der Waals surface area (Å²) in [6.45, 7) is 4.11. The van der Waals surface area contributed by atoms with E-state index in [1.807, 2.05) is 42.9 Å². The molecule has 0 aliphatic heterocycles.